The number of benzene rings is 1. The average molecular weight is 414 g/mol. The van der Waals surface area contributed by atoms with E-state index < -0.39 is 0 Å². The summed E-state index contributed by atoms with van der Waals surface area (Å²) >= 11 is 0. The van der Waals surface area contributed by atoms with Crippen molar-refractivity contribution in [1.29, 1.82) is 0 Å². The van der Waals surface area contributed by atoms with E-state index in [0.717, 1.165) is 38.6 Å². The average Bonchev–Trinajstić information content (AvgIpc) is 3.28. The molecule has 0 radical (unpaired) electrons. The molecule has 3 aliphatic carbocycles. The first-order valence-corrected chi connectivity index (χ1v) is 12.3. The maximum Gasteiger partial charge on any atom is 0.136 e. The molecule has 3 heterocycles. The van der Waals surface area contributed by atoms with Gasteiger partial charge in [-0.25, -0.2) is 0 Å². The first-order valence-electron chi connectivity index (χ1n) is 12.3. The fourth-order valence-corrected chi connectivity index (χ4v) is 8.30. The van der Waals surface area contributed by atoms with Crippen molar-refractivity contribution >= 4 is 12.0 Å². The van der Waals surface area contributed by atoms with E-state index in [2.05, 4.69) is 48.5 Å². The van der Waals surface area contributed by atoms with Crippen LogP contribution in [-0.2, 0) is 16.0 Å². The van der Waals surface area contributed by atoms with Gasteiger partial charge in [-0.3, -0.25) is 9.79 Å². The molecule has 3 nitrogen and oxygen atoms in total. The second kappa shape index (κ2) is 6.07. The van der Waals surface area contributed by atoms with Crippen LogP contribution in [0.25, 0.3) is 0 Å². The monoisotopic (exact) mass is 413 g/mol. The van der Waals surface area contributed by atoms with E-state index in [1.807, 2.05) is 0 Å². The molecule has 0 N–H and O–H groups in total. The highest BCUT2D eigenvalue weighted by molar-refractivity contribution is 5.83. The van der Waals surface area contributed by atoms with Crippen LogP contribution in [0.1, 0.15) is 80.9 Å². The van der Waals surface area contributed by atoms with Crippen LogP contribution < -0.4 is 0 Å². The predicted molar refractivity (Wildman–Crippen MR) is 122 cm³/mol. The highest BCUT2D eigenvalue weighted by atomic mass is 16.5. The lowest BCUT2D eigenvalue weighted by molar-refractivity contribution is -0.146. The molecule has 2 saturated carbocycles. The second-order valence-electron chi connectivity index (χ2n) is 11.2. The molecule has 3 heteroatoms. The van der Waals surface area contributed by atoms with Gasteiger partial charge in [-0.1, -0.05) is 31.2 Å². The van der Waals surface area contributed by atoms with Crippen LogP contribution >= 0.6 is 0 Å². The summed E-state index contributed by atoms with van der Waals surface area (Å²) in [5, 5.41) is 0. The Kier molecular flexibility index (Phi) is 3.63. The summed E-state index contributed by atoms with van der Waals surface area (Å²) in [5.41, 5.74) is 6.84. The van der Waals surface area contributed by atoms with Crippen LogP contribution in [0, 0.1) is 11.3 Å². The number of rotatable bonds is 1. The molecule has 31 heavy (non-hydrogen) atoms. The first kappa shape index (κ1) is 18.6. The molecule has 3 aliphatic heterocycles. The number of allylic oxidation sites excluding steroid dienone is 1. The summed E-state index contributed by atoms with van der Waals surface area (Å²) in [4.78, 5) is 16.9. The zero-order valence-electron chi connectivity index (χ0n) is 18.5. The SMILES string of the molecule is CC12CC=C3C=C4CCC(=O)C[C@]45CC[C@]3(O5)[C@@H]1CCC2c1ccc2c(c1)C=NCC2. The Hall–Kier alpha value is -2.00. The maximum atomic E-state index is 12.4. The Balaban J connectivity index is 1.29. The third kappa shape index (κ3) is 2.34. The topological polar surface area (TPSA) is 38.7 Å². The number of fused-ring (bicyclic) bond motifs is 2. The van der Waals surface area contributed by atoms with Crippen molar-refractivity contribution < 1.29 is 9.53 Å². The fourth-order valence-electron chi connectivity index (χ4n) is 8.30. The van der Waals surface area contributed by atoms with E-state index in [0.29, 0.717) is 30.5 Å². The van der Waals surface area contributed by atoms with E-state index in [1.165, 1.54) is 40.7 Å². The number of ether oxygens (including phenoxy) is 1. The molecule has 3 fully saturated rings. The van der Waals surface area contributed by atoms with Crippen molar-refractivity contribution in [3.63, 3.8) is 0 Å². The normalized spacial score (nSPS) is 42.3. The highest BCUT2D eigenvalue weighted by Crippen LogP contribution is 2.69. The Labute approximate surface area is 184 Å². The molecular weight excluding hydrogens is 382 g/mol. The molecule has 0 aromatic heterocycles. The van der Waals surface area contributed by atoms with Gasteiger partial charge in [0.15, 0.2) is 0 Å². The number of Topliss-reactive ketones (excluding diaryl/α,β-unsaturated/α-hetero) is 1. The quantitative estimate of drug-likeness (QED) is 0.612. The molecule has 160 valence electrons. The summed E-state index contributed by atoms with van der Waals surface area (Å²) in [6.45, 7) is 3.44. The van der Waals surface area contributed by atoms with Crippen molar-refractivity contribution in [1.82, 2.24) is 0 Å². The molecule has 1 saturated heterocycles. The molecule has 1 aromatic rings. The van der Waals surface area contributed by atoms with Gasteiger partial charge < -0.3 is 4.74 Å². The van der Waals surface area contributed by atoms with Crippen LogP contribution in [0.5, 0.6) is 0 Å². The van der Waals surface area contributed by atoms with Crippen LogP contribution in [0.2, 0.25) is 0 Å². The Morgan fingerprint density at radius 2 is 2.06 bits per heavy atom. The van der Waals surface area contributed by atoms with Crippen molar-refractivity contribution in [2.75, 3.05) is 6.54 Å². The fraction of sp³-hybridized carbons (Fsp3) is 0.571. The number of nitrogens with zero attached hydrogens (tertiary/aromatic N) is 1. The van der Waals surface area contributed by atoms with Gasteiger partial charge in [0, 0.05) is 25.6 Å². The highest BCUT2D eigenvalue weighted by Gasteiger charge is 2.66. The van der Waals surface area contributed by atoms with Crippen molar-refractivity contribution in [2.24, 2.45) is 16.3 Å². The maximum absolute atomic E-state index is 12.4. The summed E-state index contributed by atoms with van der Waals surface area (Å²) in [6, 6.07) is 7.16. The third-order valence-corrected chi connectivity index (χ3v) is 9.81. The molecule has 2 bridgehead atoms. The van der Waals surface area contributed by atoms with Crippen LogP contribution in [0.4, 0.5) is 0 Å². The molecule has 5 atom stereocenters. The van der Waals surface area contributed by atoms with Gasteiger partial charge in [0.25, 0.3) is 0 Å². The summed E-state index contributed by atoms with van der Waals surface area (Å²) in [7, 11) is 0. The Bertz CT molecular complexity index is 1100. The molecule has 0 amide bonds. The summed E-state index contributed by atoms with van der Waals surface area (Å²) < 4.78 is 7.13. The van der Waals surface area contributed by atoms with E-state index >= 15 is 0 Å². The molecule has 2 spiro atoms. The number of hydrogen-bond acceptors (Lipinski definition) is 3. The lowest BCUT2D eigenvalue weighted by Crippen LogP contribution is -2.53. The number of carbonyl (C=O) groups excluding carboxylic acids is 1. The van der Waals surface area contributed by atoms with Crippen molar-refractivity contribution in [3.8, 4) is 0 Å². The number of aliphatic imine (C=N–C) groups is 1. The minimum absolute atomic E-state index is 0.168. The third-order valence-electron chi connectivity index (χ3n) is 9.81. The molecule has 6 aliphatic rings. The van der Waals surface area contributed by atoms with Crippen molar-refractivity contribution in [2.45, 2.75) is 81.8 Å². The van der Waals surface area contributed by atoms with Gasteiger partial charge in [0.05, 0.1) is 11.2 Å². The predicted octanol–water partition coefficient (Wildman–Crippen LogP) is 5.47. The smallest absolute Gasteiger partial charge is 0.136 e. The van der Waals surface area contributed by atoms with Gasteiger partial charge in [0.1, 0.15) is 5.78 Å². The van der Waals surface area contributed by atoms with E-state index in [9.17, 15) is 4.79 Å². The van der Waals surface area contributed by atoms with E-state index in [4.69, 9.17) is 4.74 Å². The number of ketones is 1. The number of carbonyl (C=O) groups is 1. The van der Waals surface area contributed by atoms with Crippen LogP contribution in [-0.4, -0.2) is 29.7 Å². The molecule has 1 aromatic carbocycles. The first-order chi connectivity index (χ1) is 15.0. The molecule has 2 unspecified atom stereocenters. The zero-order chi connectivity index (χ0) is 20.8. The zero-order valence-corrected chi connectivity index (χ0v) is 18.5. The lowest BCUT2D eigenvalue weighted by Gasteiger charge is -2.53. The van der Waals surface area contributed by atoms with Gasteiger partial charge in [0.2, 0.25) is 0 Å². The lowest BCUT2D eigenvalue weighted by atomic mass is 9.58. The standard InChI is InChI=1S/C28H31NO2/c1-26-10-8-22-15-21-4-5-23(30)16-27(21)11-12-28(22,31-27)25(26)7-6-24(26)19-3-2-18-9-13-29-17-20(18)14-19/h2-3,8,14-15,17,24-25H,4-7,9-13,16H2,1H3/t24?,25-,26?,27-,28-/m1/s1. The minimum atomic E-state index is -0.286. The van der Waals surface area contributed by atoms with Crippen molar-refractivity contribution in [3.05, 3.63) is 58.2 Å². The Morgan fingerprint density at radius 1 is 1.13 bits per heavy atom. The van der Waals surface area contributed by atoms with Gasteiger partial charge >= 0.3 is 0 Å². The van der Waals surface area contributed by atoms with Gasteiger partial charge in [-0.05, 0) is 96.1 Å². The van der Waals surface area contributed by atoms with Gasteiger partial charge in [-0.2, -0.15) is 0 Å². The number of hydrogen-bond donors (Lipinski definition) is 0. The van der Waals surface area contributed by atoms with Crippen LogP contribution in [0.15, 0.2) is 46.5 Å². The largest absolute Gasteiger partial charge is 0.359 e. The van der Waals surface area contributed by atoms with Crippen LogP contribution in [0.3, 0.4) is 0 Å². The summed E-state index contributed by atoms with van der Waals surface area (Å²) in [5.74, 6) is 1.48. The van der Waals surface area contributed by atoms with Gasteiger partial charge in [-0.15, -0.1) is 0 Å². The minimum Gasteiger partial charge on any atom is -0.359 e. The second-order valence-corrected chi connectivity index (χ2v) is 11.2. The molecular formula is C28H31NO2. The summed E-state index contributed by atoms with van der Waals surface area (Å²) in [6.07, 6.45) is 16.0. The molecule has 7 rings (SSSR count). The van der Waals surface area contributed by atoms with E-state index in [1.54, 1.807) is 0 Å². The van der Waals surface area contributed by atoms with E-state index in [-0.39, 0.29) is 16.6 Å². The Morgan fingerprint density at radius 3 is 3.00 bits per heavy atom.